The van der Waals surface area contributed by atoms with Gasteiger partial charge in [-0.1, -0.05) is 31.2 Å². The Hall–Kier alpha value is -2.47. The largest absolute Gasteiger partial charge is 0.481 e. The van der Waals surface area contributed by atoms with E-state index in [0.29, 0.717) is 11.2 Å². The SMILES string of the molecule is CC(CC(=O)O)C(N)(C(=O)OC(C)(C)C)c1ccc2ccccc2n1. The number of fused-ring (bicyclic) bond motifs is 1. The molecule has 0 radical (unpaired) electrons. The first-order valence-electron chi connectivity index (χ1n) is 8.14. The van der Waals surface area contributed by atoms with Crippen LogP contribution in [0.5, 0.6) is 0 Å². The highest BCUT2D eigenvalue weighted by Crippen LogP contribution is 2.32. The lowest BCUT2D eigenvalue weighted by molar-refractivity contribution is -0.165. The Morgan fingerprint density at radius 1 is 1.20 bits per heavy atom. The summed E-state index contributed by atoms with van der Waals surface area (Å²) in [6, 6.07) is 10.9. The number of rotatable bonds is 5. The van der Waals surface area contributed by atoms with E-state index in [1.165, 1.54) is 0 Å². The van der Waals surface area contributed by atoms with Crippen LogP contribution in [0.25, 0.3) is 10.9 Å². The van der Waals surface area contributed by atoms with Crippen molar-refractivity contribution in [1.29, 1.82) is 0 Å². The molecule has 0 spiro atoms. The summed E-state index contributed by atoms with van der Waals surface area (Å²) in [5.41, 5.74) is 5.03. The molecule has 0 aliphatic carbocycles. The van der Waals surface area contributed by atoms with Crippen molar-refractivity contribution in [3.05, 3.63) is 42.1 Å². The highest BCUT2D eigenvalue weighted by molar-refractivity contribution is 5.85. The van der Waals surface area contributed by atoms with Gasteiger partial charge in [-0.15, -0.1) is 0 Å². The third-order valence-electron chi connectivity index (χ3n) is 4.02. The summed E-state index contributed by atoms with van der Waals surface area (Å²) >= 11 is 0. The maximum atomic E-state index is 12.9. The van der Waals surface area contributed by atoms with Crippen molar-refractivity contribution >= 4 is 22.8 Å². The summed E-state index contributed by atoms with van der Waals surface area (Å²) in [4.78, 5) is 28.5. The van der Waals surface area contributed by atoms with Crippen LogP contribution in [-0.2, 0) is 19.9 Å². The molecule has 0 aliphatic heterocycles. The summed E-state index contributed by atoms with van der Waals surface area (Å²) in [6.45, 7) is 6.83. The van der Waals surface area contributed by atoms with Crippen LogP contribution in [0.4, 0.5) is 0 Å². The first-order chi connectivity index (χ1) is 11.5. The van der Waals surface area contributed by atoms with Crippen LogP contribution in [-0.4, -0.2) is 27.6 Å². The van der Waals surface area contributed by atoms with Crippen LogP contribution >= 0.6 is 0 Å². The fourth-order valence-electron chi connectivity index (χ4n) is 2.64. The smallest absolute Gasteiger partial charge is 0.333 e. The van der Waals surface area contributed by atoms with E-state index >= 15 is 0 Å². The van der Waals surface area contributed by atoms with Crippen molar-refractivity contribution in [2.75, 3.05) is 0 Å². The van der Waals surface area contributed by atoms with Crippen LogP contribution in [0, 0.1) is 5.92 Å². The van der Waals surface area contributed by atoms with Crippen LogP contribution in [0.1, 0.15) is 39.8 Å². The number of nitrogens with zero attached hydrogens (tertiary/aromatic N) is 1. The van der Waals surface area contributed by atoms with Crippen molar-refractivity contribution in [2.24, 2.45) is 11.7 Å². The van der Waals surface area contributed by atoms with E-state index in [4.69, 9.17) is 15.6 Å². The zero-order chi connectivity index (χ0) is 18.8. The quantitative estimate of drug-likeness (QED) is 0.809. The number of aliphatic carboxylic acids is 1. The number of carbonyl (C=O) groups is 2. The van der Waals surface area contributed by atoms with Crippen molar-refractivity contribution < 1.29 is 19.4 Å². The van der Waals surface area contributed by atoms with Gasteiger partial charge in [0.2, 0.25) is 0 Å². The second-order valence-corrected chi connectivity index (χ2v) is 7.26. The van der Waals surface area contributed by atoms with Gasteiger partial charge in [-0.2, -0.15) is 0 Å². The van der Waals surface area contributed by atoms with Gasteiger partial charge in [0.1, 0.15) is 5.60 Å². The summed E-state index contributed by atoms with van der Waals surface area (Å²) in [5.74, 6) is -2.42. The monoisotopic (exact) mass is 344 g/mol. The summed E-state index contributed by atoms with van der Waals surface area (Å²) in [6.07, 6.45) is -0.274. The van der Waals surface area contributed by atoms with Gasteiger partial charge in [0.25, 0.3) is 0 Å². The molecule has 1 aromatic heterocycles. The van der Waals surface area contributed by atoms with Crippen molar-refractivity contribution in [1.82, 2.24) is 4.98 Å². The van der Waals surface area contributed by atoms with Crippen molar-refractivity contribution in [2.45, 2.75) is 45.3 Å². The first kappa shape index (κ1) is 18.9. The normalized spacial score (nSPS) is 15.4. The lowest BCUT2D eigenvalue weighted by Crippen LogP contribution is -2.54. The fraction of sp³-hybridized carbons (Fsp3) is 0.421. The Balaban J connectivity index is 2.55. The maximum absolute atomic E-state index is 12.9. The molecule has 0 saturated heterocycles. The van der Waals surface area contributed by atoms with Gasteiger partial charge in [-0.3, -0.25) is 9.78 Å². The molecule has 2 aromatic rings. The lowest BCUT2D eigenvalue weighted by Gasteiger charge is -2.34. The number of hydrogen-bond donors (Lipinski definition) is 2. The molecule has 3 N–H and O–H groups in total. The summed E-state index contributed by atoms with van der Waals surface area (Å²) in [5, 5.41) is 10.1. The molecule has 0 bridgehead atoms. The molecule has 6 heteroatoms. The molecule has 2 rings (SSSR count). The molecular formula is C19H24N2O4. The van der Waals surface area contributed by atoms with Gasteiger partial charge in [-0.25, -0.2) is 4.79 Å². The maximum Gasteiger partial charge on any atom is 0.333 e. The van der Waals surface area contributed by atoms with Gasteiger partial charge in [0.05, 0.1) is 17.6 Å². The Kier molecular flexibility index (Phi) is 5.13. The summed E-state index contributed by atoms with van der Waals surface area (Å²) in [7, 11) is 0. The minimum absolute atomic E-state index is 0.274. The molecule has 0 fully saturated rings. The van der Waals surface area contributed by atoms with E-state index in [0.717, 1.165) is 5.39 Å². The average Bonchev–Trinajstić information content (AvgIpc) is 2.51. The Bertz CT molecular complexity index is 797. The summed E-state index contributed by atoms with van der Waals surface area (Å²) < 4.78 is 5.48. The average molecular weight is 344 g/mol. The number of nitrogens with two attached hydrogens (primary N) is 1. The van der Waals surface area contributed by atoms with Gasteiger partial charge in [0.15, 0.2) is 5.54 Å². The van der Waals surface area contributed by atoms with E-state index in [2.05, 4.69) is 4.98 Å². The van der Waals surface area contributed by atoms with Crippen molar-refractivity contribution in [3.63, 3.8) is 0 Å². The number of para-hydroxylation sites is 1. The molecule has 2 unspecified atom stereocenters. The van der Waals surface area contributed by atoms with E-state index < -0.39 is 29.0 Å². The molecule has 2 atom stereocenters. The molecule has 0 amide bonds. The third kappa shape index (κ3) is 4.14. The molecule has 134 valence electrons. The van der Waals surface area contributed by atoms with Gasteiger partial charge in [0, 0.05) is 11.3 Å². The molecule has 1 aromatic carbocycles. The van der Waals surface area contributed by atoms with E-state index in [1.54, 1.807) is 33.8 Å². The first-order valence-corrected chi connectivity index (χ1v) is 8.14. The predicted octanol–water partition coefficient (Wildman–Crippen LogP) is 2.84. The number of carboxylic acids is 1. The molecule has 0 aliphatic rings. The Morgan fingerprint density at radius 2 is 1.84 bits per heavy atom. The number of ether oxygens (including phenoxy) is 1. The minimum atomic E-state index is -1.66. The number of aromatic nitrogens is 1. The number of benzene rings is 1. The van der Waals surface area contributed by atoms with E-state index in [9.17, 15) is 9.59 Å². The highest BCUT2D eigenvalue weighted by Gasteiger charge is 2.46. The minimum Gasteiger partial charge on any atom is -0.481 e. The molecule has 0 saturated carbocycles. The zero-order valence-electron chi connectivity index (χ0n) is 14.9. The van der Waals surface area contributed by atoms with Crippen LogP contribution in [0.2, 0.25) is 0 Å². The lowest BCUT2D eigenvalue weighted by atomic mass is 9.80. The van der Waals surface area contributed by atoms with Gasteiger partial charge >= 0.3 is 11.9 Å². The van der Waals surface area contributed by atoms with Crippen LogP contribution < -0.4 is 5.73 Å². The number of carbonyl (C=O) groups excluding carboxylic acids is 1. The number of carboxylic acid groups (broad SMARTS) is 1. The van der Waals surface area contributed by atoms with Gasteiger partial charge < -0.3 is 15.6 Å². The second-order valence-electron chi connectivity index (χ2n) is 7.26. The standard InChI is InChI=1S/C19H24N2O4/c1-12(11-16(22)23)19(20,17(24)25-18(2,3)4)15-10-9-13-7-5-6-8-14(13)21-15/h5-10,12H,11,20H2,1-4H3,(H,22,23). The second kappa shape index (κ2) is 6.80. The number of hydrogen-bond acceptors (Lipinski definition) is 5. The van der Waals surface area contributed by atoms with Gasteiger partial charge in [-0.05, 0) is 32.9 Å². The third-order valence-corrected chi connectivity index (χ3v) is 4.02. The molecule has 6 nitrogen and oxygen atoms in total. The number of esters is 1. The number of pyridine rings is 1. The topological polar surface area (TPSA) is 103 Å². The highest BCUT2D eigenvalue weighted by atomic mass is 16.6. The zero-order valence-corrected chi connectivity index (χ0v) is 14.9. The fourth-order valence-corrected chi connectivity index (χ4v) is 2.64. The predicted molar refractivity (Wildman–Crippen MR) is 94.9 cm³/mol. The van der Waals surface area contributed by atoms with Crippen molar-refractivity contribution in [3.8, 4) is 0 Å². The van der Waals surface area contributed by atoms with E-state index in [1.807, 2.05) is 30.3 Å². The van der Waals surface area contributed by atoms with E-state index in [-0.39, 0.29) is 6.42 Å². The Morgan fingerprint density at radius 3 is 2.44 bits per heavy atom. The Labute approximate surface area is 147 Å². The molecule has 1 heterocycles. The van der Waals surface area contributed by atoms with Crippen LogP contribution in [0.15, 0.2) is 36.4 Å². The van der Waals surface area contributed by atoms with Crippen LogP contribution in [0.3, 0.4) is 0 Å². The molecular weight excluding hydrogens is 320 g/mol. The molecule has 25 heavy (non-hydrogen) atoms.